The molecule has 0 saturated heterocycles. The molecule has 3 aliphatic rings. The largest absolute Gasteiger partial charge is 0.482 e. The normalized spacial score (nSPS) is 20.4. The van der Waals surface area contributed by atoms with Crippen LogP contribution >= 0.6 is 11.6 Å². The minimum Gasteiger partial charge on any atom is -0.482 e. The number of H-pyrrole nitrogens is 1. The number of aromatic amines is 1. The maximum atomic E-state index is 15.4. The fraction of sp³-hybridized carbons (Fsp3) is 0.185. The smallest absolute Gasteiger partial charge is 0.262 e. The van der Waals surface area contributed by atoms with Crippen molar-refractivity contribution in [3.8, 4) is 34.0 Å². The third-order valence-electron chi connectivity index (χ3n) is 7.74. The van der Waals surface area contributed by atoms with Crippen LogP contribution in [0, 0.1) is 11.9 Å². The molecule has 8 rings (SSSR count). The van der Waals surface area contributed by atoms with Crippen molar-refractivity contribution in [2.24, 2.45) is 5.92 Å². The highest BCUT2D eigenvalue weighted by Gasteiger charge is 2.54. The maximum absolute atomic E-state index is 15.4. The predicted octanol–water partition coefficient (Wildman–Crippen LogP) is 3.71. The molecule has 3 aromatic heterocycles. The molecule has 0 spiro atoms. The lowest BCUT2D eigenvalue weighted by atomic mass is 10.0. The lowest BCUT2D eigenvalue weighted by Gasteiger charge is -2.19. The van der Waals surface area contributed by atoms with Gasteiger partial charge in [0.05, 0.1) is 23.1 Å². The molecule has 13 heteroatoms. The number of carbonyl (C=O) groups excluding carboxylic acids is 1. The summed E-state index contributed by atoms with van der Waals surface area (Å²) in [4.78, 5) is 32.4. The Morgan fingerprint density at radius 3 is 2.83 bits per heavy atom. The Morgan fingerprint density at radius 2 is 1.98 bits per heavy atom. The van der Waals surface area contributed by atoms with E-state index < -0.39 is 12.0 Å². The highest BCUT2D eigenvalue weighted by atomic mass is 35.5. The summed E-state index contributed by atoms with van der Waals surface area (Å²) in [6.07, 6.45) is 2.31. The average molecular weight is 557 g/mol. The first-order valence-electron chi connectivity index (χ1n) is 12.6. The molecule has 1 saturated carbocycles. The Labute approximate surface area is 229 Å². The van der Waals surface area contributed by atoms with Crippen molar-refractivity contribution >= 4 is 23.2 Å². The van der Waals surface area contributed by atoms with Crippen LogP contribution in [0.25, 0.3) is 28.2 Å². The van der Waals surface area contributed by atoms with Gasteiger partial charge in [-0.3, -0.25) is 9.59 Å². The van der Waals surface area contributed by atoms with Crippen LogP contribution in [0.5, 0.6) is 5.75 Å². The van der Waals surface area contributed by atoms with Crippen LogP contribution in [-0.4, -0.2) is 47.3 Å². The zero-order chi connectivity index (χ0) is 27.1. The van der Waals surface area contributed by atoms with Crippen LogP contribution in [0.1, 0.15) is 29.8 Å². The van der Waals surface area contributed by atoms with Gasteiger partial charge in [0.15, 0.2) is 6.61 Å². The monoisotopic (exact) mass is 556 g/mol. The molecule has 2 aromatic carbocycles. The van der Waals surface area contributed by atoms with E-state index in [0.29, 0.717) is 44.7 Å². The van der Waals surface area contributed by atoms with E-state index in [1.54, 1.807) is 41.0 Å². The zero-order valence-corrected chi connectivity index (χ0v) is 21.3. The fourth-order valence-corrected chi connectivity index (χ4v) is 6.08. The first-order valence-corrected chi connectivity index (χ1v) is 12.9. The van der Waals surface area contributed by atoms with Crippen LogP contribution in [0.4, 0.5) is 10.1 Å². The Balaban J connectivity index is 1.19. The van der Waals surface area contributed by atoms with Gasteiger partial charge in [-0.1, -0.05) is 11.6 Å². The van der Waals surface area contributed by atoms with Crippen LogP contribution in [-0.2, 0) is 4.79 Å². The summed E-state index contributed by atoms with van der Waals surface area (Å²) in [5.74, 6) is 0.107. The Hall–Kier alpha value is -4.84. The Kier molecular flexibility index (Phi) is 4.81. The number of imidazole rings is 1. The number of hydrogen-bond acceptors (Lipinski definition) is 7. The van der Waals surface area contributed by atoms with Crippen LogP contribution in [0.3, 0.4) is 0 Å². The van der Waals surface area contributed by atoms with Crippen molar-refractivity contribution in [3.63, 3.8) is 0 Å². The number of nitrogens with zero attached hydrogens (tertiary/aromatic N) is 6. The van der Waals surface area contributed by atoms with E-state index in [0.717, 1.165) is 12.1 Å². The van der Waals surface area contributed by atoms with E-state index in [-0.39, 0.29) is 35.6 Å². The number of carbonyl (C=O) groups is 1. The van der Waals surface area contributed by atoms with Gasteiger partial charge in [0.2, 0.25) is 5.95 Å². The first-order chi connectivity index (χ1) is 19.4. The molecule has 3 atom stereocenters. The third-order valence-corrected chi connectivity index (χ3v) is 7.97. The molecule has 5 heterocycles. The highest BCUT2D eigenvalue weighted by Crippen LogP contribution is 2.61. The second-order valence-electron chi connectivity index (χ2n) is 10.1. The number of amides is 1. The fourth-order valence-electron chi connectivity index (χ4n) is 5.91. The van der Waals surface area contributed by atoms with Crippen LogP contribution in [0.15, 0.2) is 59.7 Å². The summed E-state index contributed by atoms with van der Waals surface area (Å²) in [5, 5.41) is 14.7. The minimum absolute atomic E-state index is 0.0752. The molecule has 0 radical (unpaired) electrons. The van der Waals surface area contributed by atoms with E-state index in [9.17, 15) is 9.59 Å². The molecule has 2 aliphatic heterocycles. The quantitative estimate of drug-likeness (QED) is 0.345. The van der Waals surface area contributed by atoms with E-state index in [1.165, 1.54) is 17.1 Å². The summed E-state index contributed by atoms with van der Waals surface area (Å²) in [6, 6.07) is 13.4. The van der Waals surface area contributed by atoms with Crippen molar-refractivity contribution in [2.75, 3.05) is 11.9 Å². The number of hydrogen-bond donors (Lipinski definition) is 2. The predicted molar refractivity (Wildman–Crippen MR) is 141 cm³/mol. The van der Waals surface area contributed by atoms with Crippen LogP contribution in [0.2, 0.25) is 5.02 Å². The summed E-state index contributed by atoms with van der Waals surface area (Å²) < 4.78 is 24.0. The summed E-state index contributed by atoms with van der Waals surface area (Å²) in [6.45, 7) is -0.0898. The summed E-state index contributed by atoms with van der Waals surface area (Å²) in [7, 11) is 0. The van der Waals surface area contributed by atoms with E-state index in [2.05, 4.69) is 30.8 Å². The Morgan fingerprint density at radius 1 is 1.07 bits per heavy atom. The van der Waals surface area contributed by atoms with Crippen LogP contribution < -0.4 is 15.6 Å². The lowest BCUT2D eigenvalue weighted by molar-refractivity contribution is -0.118. The zero-order valence-electron chi connectivity index (χ0n) is 20.5. The molecular weight excluding hydrogens is 539 g/mol. The van der Waals surface area contributed by atoms with Crippen molar-refractivity contribution in [1.82, 2.24) is 34.7 Å². The van der Waals surface area contributed by atoms with E-state index in [1.807, 2.05) is 6.07 Å². The van der Waals surface area contributed by atoms with Gasteiger partial charge < -0.3 is 19.6 Å². The number of halogens is 2. The van der Waals surface area contributed by atoms with Gasteiger partial charge in [-0.15, -0.1) is 5.10 Å². The lowest BCUT2D eigenvalue weighted by Crippen LogP contribution is -2.26. The summed E-state index contributed by atoms with van der Waals surface area (Å²) in [5.41, 5.74) is 4.07. The van der Waals surface area contributed by atoms with Gasteiger partial charge in [-0.2, -0.15) is 9.07 Å². The number of rotatable bonds is 4. The molecule has 0 bridgehead atoms. The second kappa shape index (κ2) is 8.33. The number of benzene rings is 2. The van der Waals surface area contributed by atoms with Crippen molar-refractivity contribution in [1.29, 1.82) is 0 Å². The number of tetrazole rings is 1. The minimum atomic E-state index is -0.655. The molecule has 11 nitrogen and oxygen atoms in total. The molecule has 40 heavy (non-hydrogen) atoms. The number of pyridine rings is 1. The van der Waals surface area contributed by atoms with E-state index >= 15 is 4.39 Å². The molecule has 1 aliphatic carbocycles. The van der Waals surface area contributed by atoms with Gasteiger partial charge in [-0.05, 0) is 70.8 Å². The second-order valence-corrected chi connectivity index (χ2v) is 10.5. The average Bonchev–Trinajstić information content (AvgIpc) is 3.23. The topological polar surface area (TPSA) is 133 Å². The van der Waals surface area contributed by atoms with Gasteiger partial charge in [0, 0.05) is 33.8 Å². The van der Waals surface area contributed by atoms with Gasteiger partial charge in [0.1, 0.15) is 17.9 Å². The van der Waals surface area contributed by atoms with E-state index in [4.69, 9.17) is 16.3 Å². The molecule has 5 aromatic rings. The van der Waals surface area contributed by atoms with Crippen molar-refractivity contribution in [2.45, 2.75) is 18.4 Å². The van der Waals surface area contributed by atoms with Crippen molar-refractivity contribution in [3.05, 3.63) is 87.6 Å². The molecule has 198 valence electrons. The number of nitrogens with one attached hydrogen (secondary N) is 2. The molecule has 2 N–H and O–H groups in total. The van der Waals surface area contributed by atoms with Gasteiger partial charge in [0.25, 0.3) is 11.5 Å². The standard InChI is InChI=1S/C27H18ClFN8O3/c28-14-2-4-19(36-11-30-34-35-36)15(8-14)13-5-20-16-9-17(16)25(37(20)23(39)7-13)24-26(29)33-27(32-24)12-1-3-18-21(6-12)40-10-22(38)31-18/h1-8,11,16-17,25H,9-10H2,(H,31,38)(H,32,33). The van der Waals surface area contributed by atoms with Crippen molar-refractivity contribution < 1.29 is 13.9 Å². The Bertz CT molecular complexity index is 1920. The molecule has 3 unspecified atom stereocenters. The first kappa shape index (κ1) is 23.1. The number of fused-ring (bicyclic) bond motifs is 4. The third kappa shape index (κ3) is 3.49. The number of ether oxygens (including phenoxy) is 1. The van der Waals surface area contributed by atoms with Gasteiger partial charge in [-0.25, -0.2) is 4.98 Å². The highest BCUT2D eigenvalue weighted by molar-refractivity contribution is 6.31. The SMILES string of the molecule is O=C1COc2cc(-c3nc(F)c(C4C5CC5c5cc(-c6cc(Cl)ccc6-n6cnnn6)cc(=O)n54)[nH]3)ccc2N1. The summed E-state index contributed by atoms with van der Waals surface area (Å²) >= 11 is 6.32. The molecular formula is C27H18ClFN8O3. The number of aromatic nitrogens is 7. The molecule has 1 fully saturated rings. The van der Waals surface area contributed by atoms with Gasteiger partial charge >= 0.3 is 0 Å². The number of anilines is 1. The maximum Gasteiger partial charge on any atom is 0.262 e. The molecule has 1 amide bonds.